The molecular weight excluding hydrogens is 252 g/mol. The Kier molecular flexibility index (Phi) is 3.74. The first-order valence-corrected chi connectivity index (χ1v) is 7.06. The molecule has 0 fully saturated rings. The Morgan fingerprint density at radius 2 is 2.25 bits per heavy atom. The second-order valence-corrected chi connectivity index (χ2v) is 5.38. The van der Waals surface area contributed by atoms with E-state index >= 15 is 0 Å². The van der Waals surface area contributed by atoms with E-state index in [0.717, 1.165) is 43.0 Å². The minimum Gasteiger partial charge on any atom is -0.497 e. The van der Waals surface area contributed by atoms with Crippen LogP contribution in [0.4, 0.5) is 0 Å². The third kappa shape index (κ3) is 2.85. The van der Waals surface area contributed by atoms with Gasteiger partial charge in [0.15, 0.2) is 0 Å². The maximum atomic E-state index is 5.30. The Labute approximate surface area is 119 Å². The quantitative estimate of drug-likeness (QED) is 0.929. The maximum Gasteiger partial charge on any atom is 0.133 e. The summed E-state index contributed by atoms with van der Waals surface area (Å²) in [6, 6.07) is 8.86. The van der Waals surface area contributed by atoms with Crippen molar-refractivity contribution in [2.45, 2.75) is 38.8 Å². The molecule has 1 aromatic carbocycles. The van der Waals surface area contributed by atoms with Crippen LogP contribution in [0.15, 0.2) is 28.8 Å². The highest BCUT2D eigenvalue weighted by atomic mass is 16.5. The summed E-state index contributed by atoms with van der Waals surface area (Å²) in [6.45, 7) is 2.68. The Morgan fingerprint density at radius 1 is 1.35 bits per heavy atom. The molecule has 3 rings (SSSR count). The third-order valence-corrected chi connectivity index (χ3v) is 3.89. The smallest absolute Gasteiger partial charge is 0.133 e. The Morgan fingerprint density at radius 3 is 3.00 bits per heavy atom. The van der Waals surface area contributed by atoms with Crippen LogP contribution in [0, 0.1) is 6.92 Å². The van der Waals surface area contributed by atoms with E-state index in [1.165, 1.54) is 11.1 Å². The molecule has 1 aromatic heterocycles. The van der Waals surface area contributed by atoms with Crippen molar-refractivity contribution in [1.29, 1.82) is 0 Å². The Balaban J connectivity index is 1.62. The fraction of sp³-hybridized carbons (Fsp3) is 0.438. The summed E-state index contributed by atoms with van der Waals surface area (Å²) in [6.07, 6.45) is 3.33. The highest BCUT2D eigenvalue weighted by Gasteiger charge is 2.19. The Bertz CT molecular complexity index is 592. The van der Waals surface area contributed by atoms with E-state index in [-0.39, 0.29) is 0 Å². The summed E-state index contributed by atoms with van der Waals surface area (Å²) in [7, 11) is 1.72. The summed E-state index contributed by atoms with van der Waals surface area (Å²) < 4.78 is 10.4. The number of benzene rings is 1. The van der Waals surface area contributed by atoms with Crippen LogP contribution in [-0.4, -0.2) is 18.3 Å². The van der Waals surface area contributed by atoms with Crippen molar-refractivity contribution in [3.05, 3.63) is 46.8 Å². The van der Waals surface area contributed by atoms with Crippen molar-refractivity contribution < 1.29 is 9.26 Å². The van der Waals surface area contributed by atoms with Gasteiger partial charge in [-0.2, -0.15) is 0 Å². The standard InChI is InChI=1S/C16H20N2O2/c1-11-7-15(18-20-11)10-17-14-5-3-12-4-6-16(19-2)9-13(12)8-14/h4,6-7,9,14,17H,3,5,8,10H2,1-2H3. The third-order valence-electron chi connectivity index (χ3n) is 3.89. The van der Waals surface area contributed by atoms with E-state index in [0.29, 0.717) is 6.04 Å². The molecule has 0 saturated carbocycles. The minimum absolute atomic E-state index is 0.492. The van der Waals surface area contributed by atoms with Gasteiger partial charge in [0.2, 0.25) is 0 Å². The lowest BCUT2D eigenvalue weighted by Crippen LogP contribution is -2.34. The SMILES string of the molecule is COc1ccc2c(c1)CC(NCc1cc(C)on1)CC2. The molecule has 0 saturated heterocycles. The molecule has 0 aliphatic heterocycles. The molecule has 20 heavy (non-hydrogen) atoms. The van der Waals surface area contributed by atoms with Gasteiger partial charge in [-0.25, -0.2) is 0 Å². The highest BCUT2D eigenvalue weighted by Crippen LogP contribution is 2.25. The zero-order chi connectivity index (χ0) is 13.9. The van der Waals surface area contributed by atoms with E-state index in [9.17, 15) is 0 Å². The van der Waals surface area contributed by atoms with Crippen LogP contribution < -0.4 is 10.1 Å². The van der Waals surface area contributed by atoms with Crippen molar-refractivity contribution in [2.24, 2.45) is 0 Å². The first kappa shape index (κ1) is 13.2. The molecule has 0 spiro atoms. The molecule has 0 radical (unpaired) electrons. The average Bonchev–Trinajstić information content (AvgIpc) is 2.90. The van der Waals surface area contributed by atoms with E-state index < -0.39 is 0 Å². The monoisotopic (exact) mass is 272 g/mol. The zero-order valence-electron chi connectivity index (χ0n) is 12.0. The van der Waals surface area contributed by atoms with E-state index in [1.54, 1.807) is 7.11 Å². The zero-order valence-corrected chi connectivity index (χ0v) is 12.0. The van der Waals surface area contributed by atoms with Gasteiger partial charge in [-0.3, -0.25) is 0 Å². The van der Waals surface area contributed by atoms with Gasteiger partial charge in [0, 0.05) is 18.7 Å². The van der Waals surface area contributed by atoms with Gasteiger partial charge < -0.3 is 14.6 Å². The minimum atomic E-state index is 0.492. The fourth-order valence-electron chi connectivity index (χ4n) is 2.78. The van der Waals surface area contributed by atoms with Gasteiger partial charge in [0.1, 0.15) is 11.5 Å². The van der Waals surface area contributed by atoms with Gasteiger partial charge in [-0.1, -0.05) is 11.2 Å². The molecule has 1 aliphatic carbocycles. The fourth-order valence-corrected chi connectivity index (χ4v) is 2.78. The second kappa shape index (κ2) is 5.67. The lowest BCUT2D eigenvalue weighted by atomic mass is 9.88. The Hall–Kier alpha value is -1.81. The molecule has 1 heterocycles. The molecule has 1 aliphatic rings. The topological polar surface area (TPSA) is 47.3 Å². The predicted octanol–water partition coefficient (Wildman–Crippen LogP) is 2.64. The number of ether oxygens (including phenoxy) is 1. The number of aromatic nitrogens is 1. The molecule has 1 N–H and O–H groups in total. The normalized spacial score (nSPS) is 17.8. The van der Waals surface area contributed by atoms with E-state index in [2.05, 4.69) is 22.6 Å². The number of methoxy groups -OCH3 is 1. The summed E-state index contributed by atoms with van der Waals surface area (Å²) in [5, 5.41) is 7.58. The van der Waals surface area contributed by atoms with Gasteiger partial charge in [-0.05, 0) is 49.4 Å². The predicted molar refractivity (Wildman–Crippen MR) is 76.9 cm³/mol. The van der Waals surface area contributed by atoms with Gasteiger partial charge >= 0.3 is 0 Å². The summed E-state index contributed by atoms with van der Waals surface area (Å²) in [5.74, 6) is 1.80. The summed E-state index contributed by atoms with van der Waals surface area (Å²) in [4.78, 5) is 0. The van der Waals surface area contributed by atoms with Crippen LogP contribution >= 0.6 is 0 Å². The number of nitrogens with one attached hydrogen (secondary N) is 1. The number of aryl methyl sites for hydroxylation is 2. The average molecular weight is 272 g/mol. The number of hydrogen-bond donors (Lipinski definition) is 1. The van der Waals surface area contributed by atoms with Gasteiger partial charge in [0.05, 0.1) is 12.8 Å². The second-order valence-electron chi connectivity index (χ2n) is 5.38. The van der Waals surface area contributed by atoms with E-state index in [1.807, 2.05) is 19.1 Å². The van der Waals surface area contributed by atoms with Crippen LogP contribution in [0.3, 0.4) is 0 Å². The van der Waals surface area contributed by atoms with Crippen LogP contribution in [-0.2, 0) is 19.4 Å². The molecule has 2 aromatic rings. The van der Waals surface area contributed by atoms with Crippen molar-refractivity contribution in [3.8, 4) is 5.75 Å². The number of fused-ring (bicyclic) bond motifs is 1. The summed E-state index contributed by atoms with van der Waals surface area (Å²) in [5.41, 5.74) is 3.81. The largest absolute Gasteiger partial charge is 0.497 e. The number of rotatable bonds is 4. The van der Waals surface area contributed by atoms with Gasteiger partial charge in [0.25, 0.3) is 0 Å². The first-order valence-electron chi connectivity index (χ1n) is 7.06. The van der Waals surface area contributed by atoms with Crippen LogP contribution in [0.1, 0.15) is 29.0 Å². The highest BCUT2D eigenvalue weighted by molar-refractivity contribution is 5.37. The van der Waals surface area contributed by atoms with Crippen LogP contribution in [0.2, 0.25) is 0 Å². The summed E-state index contributed by atoms with van der Waals surface area (Å²) >= 11 is 0. The van der Waals surface area contributed by atoms with Crippen LogP contribution in [0.25, 0.3) is 0 Å². The number of nitrogens with zero attached hydrogens (tertiary/aromatic N) is 1. The first-order chi connectivity index (χ1) is 9.74. The molecule has 1 atom stereocenters. The lowest BCUT2D eigenvalue weighted by molar-refractivity contribution is 0.381. The molecule has 4 heteroatoms. The van der Waals surface area contributed by atoms with Gasteiger partial charge in [-0.15, -0.1) is 0 Å². The molecule has 106 valence electrons. The van der Waals surface area contributed by atoms with E-state index in [4.69, 9.17) is 9.26 Å². The lowest BCUT2D eigenvalue weighted by Gasteiger charge is -2.25. The molecule has 1 unspecified atom stereocenters. The van der Waals surface area contributed by atoms with Crippen molar-refractivity contribution in [3.63, 3.8) is 0 Å². The molecule has 0 amide bonds. The van der Waals surface area contributed by atoms with Crippen molar-refractivity contribution in [1.82, 2.24) is 10.5 Å². The van der Waals surface area contributed by atoms with Crippen LogP contribution in [0.5, 0.6) is 5.75 Å². The molecule has 0 bridgehead atoms. The molecular formula is C16H20N2O2. The van der Waals surface area contributed by atoms with Crippen molar-refractivity contribution >= 4 is 0 Å². The maximum absolute atomic E-state index is 5.30. The molecule has 4 nitrogen and oxygen atoms in total. The number of hydrogen-bond acceptors (Lipinski definition) is 4. The van der Waals surface area contributed by atoms with Crippen molar-refractivity contribution in [2.75, 3.05) is 7.11 Å².